The first-order chi connectivity index (χ1) is 14.9. The minimum Gasteiger partial charge on any atom is -0.466 e. The molecule has 3 rings (SSSR count). The van der Waals surface area contributed by atoms with Crippen molar-refractivity contribution in [3.63, 3.8) is 0 Å². The van der Waals surface area contributed by atoms with E-state index in [9.17, 15) is 13.2 Å². The van der Waals surface area contributed by atoms with E-state index >= 15 is 0 Å². The molecule has 0 spiro atoms. The fourth-order valence-corrected chi connectivity index (χ4v) is 5.47. The molecule has 0 amide bonds. The van der Waals surface area contributed by atoms with Gasteiger partial charge in [-0.3, -0.25) is 9.10 Å². The molecule has 0 fully saturated rings. The Morgan fingerprint density at radius 3 is 2.58 bits per heavy atom. The summed E-state index contributed by atoms with van der Waals surface area (Å²) in [5.41, 5.74) is 3.48. The molecule has 1 unspecified atom stereocenters. The minimum absolute atomic E-state index is 0.131. The van der Waals surface area contributed by atoms with E-state index in [4.69, 9.17) is 4.74 Å². The number of fused-ring (bicyclic) bond motifs is 2. The predicted molar refractivity (Wildman–Crippen MR) is 123 cm³/mol. The highest BCUT2D eigenvalue weighted by Crippen LogP contribution is 2.40. The summed E-state index contributed by atoms with van der Waals surface area (Å²) in [5, 5.41) is 3.60. The number of para-hydroxylation sites is 1. The zero-order valence-electron chi connectivity index (χ0n) is 18.6. The van der Waals surface area contributed by atoms with Crippen LogP contribution in [0.25, 0.3) is 0 Å². The van der Waals surface area contributed by atoms with Gasteiger partial charge >= 0.3 is 5.97 Å². The van der Waals surface area contributed by atoms with Crippen molar-refractivity contribution in [1.29, 1.82) is 0 Å². The smallest absolute Gasteiger partial charge is 0.305 e. The van der Waals surface area contributed by atoms with Crippen LogP contribution in [0.5, 0.6) is 0 Å². The maximum atomic E-state index is 13.3. The fourth-order valence-electron chi connectivity index (χ4n) is 4.04. The summed E-state index contributed by atoms with van der Waals surface area (Å²) in [6.45, 7) is 4.99. The predicted octanol–water partition coefficient (Wildman–Crippen LogP) is 4.33. The number of aryl methyl sites for hydroxylation is 1. The number of nitrogens with zero attached hydrogens (tertiary/aromatic N) is 1. The summed E-state index contributed by atoms with van der Waals surface area (Å²) in [6.07, 6.45) is 4.21. The first kappa shape index (κ1) is 23.3. The van der Waals surface area contributed by atoms with E-state index in [1.807, 2.05) is 50.2 Å². The van der Waals surface area contributed by atoms with Gasteiger partial charge < -0.3 is 10.1 Å². The lowest BCUT2D eigenvalue weighted by Crippen LogP contribution is -2.26. The SMILES string of the molecule is CCOC(=O)CCCCCCNC1c2ccccc2N(C)S(=O)(=O)c2ccc(C)cc21. The molecule has 31 heavy (non-hydrogen) atoms. The lowest BCUT2D eigenvalue weighted by atomic mass is 9.95. The third-order valence-corrected chi connectivity index (χ3v) is 7.51. The molecular weight excluding hydrogens is 412 g/mol. The van der Waals surface area contributed by atoms with Crippen LogP contribution < -0.4 is 9.62 Å². The van der Waals surface area contributed by atoms with E-state index < -0.39 is 10.0 Å². The molecule has 168 valence electrons. The first-order valence-corrected chi connectivity index (χ1v) is 12.4. The molecule has 1 N–H and O–H groups in total. The van der Waals surface area contributed by atoms with Gasteiger partial charge in [-0.05, 0) is 56.5 Å². The van der Waals surface area contributed by atoms with E-state index in [0.29, 0.717) is 23.6 Å². The van der Waals surface area contributed by atoms with Crippen molar-refractivity contribution >= 4 is 21.7 Å². The van der Waals surface area contributed by atoms with Crippen molar-refractivity contribution in [2.45, 2.75) is 56.9 Å². The molecule has 0 saturated heterocycles. The summed E-state index contributed by atoms with van der Waals surface area (Å²) in [5.74, 6) is -0.131. The molecule has 1 aliphatic heterocycles. The molecule has 0 aliphatic carbocycles. The lowest BCUT2D eigenvalue weighted by Gasteiger charge is -2.22. The molecule has 6 nitrogen and oxygen atoms in total. The number of rotatable bonds is 9. The van der Waals surface area contributed by atoms with E-state index in [-0.39, 0.29) is 12.0 Å². The maximum absolute atomic E-state index is 13.3. The molecule has 1 aliphatic rings. The topological polar surface area (TPSA) is 75.7 Å². The van der Waals surface area contributed by atoms with Crippen LogP contribution in [-0.4, -0.2) is 34.6 Å². The number of hydrogen-bond acceptors (Lipinski definition) is 5. The first-order valence-electron chi connectivity index (χ1n) is 10.9. The summed E-state index contributed by atoms with van der Waals surface area (Å²) < 4.78 is 32.8. The normalized spacial score (nSPS) is 16.9. The van der Waals surface area contributed by atoms with Crippen LogP contribution in [0.1, 0.15) is 61.8 Å². The van der Waals surface area contributed by atoms with Crippen LogP contribution in [0.2, 0.25) is 0 Å². The zero-order chi connectivity index (χ0) is 22.4. The third kappa shape index (κ3) is 5.28. The Morgan fingerprint density at radius 1 is 1.06 bits per heavy atom. The highest BCUT2D eigenvalue weighted by atomic mass is 32.2. The molecule has 0 aromatic heterocycles. The van der Waals surface area contributed by atoms with Crippen molar-refractivity contribution in [2.24, 2.45) is 0 Å². The average Bonchev–Trinajstić information content (AvgIpc) is 2.81. The second-order valence-electron chi connectivity index (χ2n) is 7.93. The number of hydrogen-bond donors (Lipinski definition) is 1. The van der Waals surface area contributed by atoms with Gasteiger partial charge in [0.2, 0.25) is 0 Å². The van der Waals surface area contributed by atoms with E-state index in [1.165, 1.54) is 4.31 Å². The Kier molecular flexibility index (Phi) is 7.73. The van der Waals surface area contributed by atoms with Gasteiger partial charge in [-0.1, -0.05) is 48.7 Å². The monoisotopic (exact) mass is 444 g/mol. The van der Waals surface area contributed by atoms with E-state index in [1.54, 1.807) is 13.1 Å². The second kappa shape index (κ2) is 10.3. The number of esters is 1. The zero-order valence-corrected chi connectivity index (χ0v) is 19.4. The van der Waals surface area contributed by atoms with Crippen LogP contribution in [0, 0.1) is 6.92 Å². The Hall–Kier alpha value is -2.38. The van der Waals surface area contributed by atoms with Gasteiger partial charge in [0, 0.05) is 13.5 Å². The van der Waals surface area contributed by atoms with Crippen molar-refractivity contribution in [3.05, 3.63) is 59.2 Å². The van der Waals surface area contributed by atoms with Crippen LogP contribution in [0.3, 0.4) is 0 Å². The molecule has 0 bridgehead atoms. The number of benzene rings is 2. The molecule has 1 heterocycles. The van der Waals surface area contributed by atoms with Gasteiger partial charge in [0.15, 0.2) is 0 Å². The molecular formula is C24H32N2O4S. The van der Waals surface area contributed by atoms with Crippen molar-refractivity contribution in [1.82, 2.24) is 5.32 Å². The Labute approximate surface area is 185 Å². The van der Waals surface area contributed by atoms with Gasteiger partial charge in [0.1, 0.15) is 0 Å². The van der Waals surface area contributed by atoms with Crippen LogP contribution in [0.15, 0.2) is 47.4 Å². The third-order valence-electron chi connectivity index (χ3n) is 5.66. The number of ether oxygens (including phenoxy) is 1. The quantitative estimate of drug-likeness (QED) is 0.460. The summed E-state index contributed by atoms with van der Waals surface area (Å²) >= 11 is 0. The molecule has 1 atom stereocenters. The lowest BCUT2D eigenvalue weighted by molar-refractivity contribution is -0.143. The van der Waals surface area contributed by atoms with Crippen molar-refractivity contribution in [3.8, 4) is 0 Å². The number of nitrogens with one attached hydrogen (secondary N) is 1. The van der Waals surface area contributed by atoms with Gasteiger partial charge in [-0.15, -0.1) is 0 Å². The number of anilines is 1. The molecule has 0 saturated carbocycles. The summed E-state index contributed by atoms with van der Waals surface area (Å²) in [7, 11) is -2.01. The van der Waals surface area contributed by atoms with Gasteiger partial charge in [0.25, 0.3) is 10.0 Å². The van der Waals surface area contributed by atoms with Crippen LogP contribution in [-0.2, 0) is 19.6 Å². The maximum Gasteiger partial charge on any atom is 0.305 e. The summed E-state index contributed by atoms with van der Waals surface area (Å²) in [4.78, 5) is 11.8. The molecule has 2 aromatic rings. The Balaban J connectivity index is 1.74. The highest BCUT2D eigenvalue weighted by molar-refractivity contribution is 7.92. The van der Waals surface area contributed by atoms with E-state index in [2.05, 4.69) is 5.32 Å². The number of unbranched alkanes of at least 4 members (excludes halogenated alkanes) is 3. The van der Waals surface area contributed by atoms with Gasteiger partial charge in [-0.2, -0.15) is 0 Å². The Bertz CT molecular complexity index is 1020. The minimum atomic E-state index is -3.63. The largest absolute Gasteiger partial charge is 0.466 e. The average molecular weight is 445 g/mol. The van der Waals surface area contributed by atoms with Crippen molar-refractivity contribution < 1.29 is 17.9 Å². The number of sulfonamides is 1. The molecule has 2 aromatic carbocycles. The van der Waals surface area contributed by atoms with Crippen molar-refractivity contribution in [2.75, 3.05) is 24.5 Å². The standard InChI is InChI=1S/C24H32N2O4S/c1-4-30-23(27)13-7-5-6-10-16-25-24-19-11-8-9-12-21(19)26(3)31(28,29)22-15-14-18(2)17-20(22)24/h8-9,11-12,14-15,17,24-25H,4-7,10,13,16H2,1-3H3. The summed E-state index contributed by atoms with van der Waals surface area (Å²) in [6, 6.07) is 13.0. The highest BCUT2D eigenvalue weighted by Gasteiger charge is 2.34. The fraction of sp³-hybridized carbons (Fsp3) is 0.458. The second-order valence-corrected chi connectivity index (χ2v) is 9.87. The van der Waals surface area contributed by atoms with E-state index in [0.717, 1.165) is 48.9 Å². The van der Waals surface area contributed by atoms with Gasteiger partial charge in [0.05, 0.1) is 23.2 Å². The Morgan fingerprint density at radius 2 is 1.81 bits per heavy atom. The molecule has 7 heteroatoms. The number of carbonyl (C=O) groups excluding carboxylic acids is 1. The van der Waals surface area contributed by atoms with Crippen LogP contribution >= 0.6 is 0 Å². The van der Waals surface area contributed by atoms with Crippen LogP contribution in [0.4, 0.5) is 5.69 Å². The van der Waals surface area contributed by atoms with Gasteiger partial charge in [-0.25, -0.2) is 8.42 Å². The number of carbonyl (C=O) groups is 1. The molecule has 0 radical (unpaired) electrons.